The van der Waals surface area contributed by atoms with E-state index in [1.807, 2.05) is 13.8 Å². The summed E-state index contributed by atoms with van der Waals surface area (Å²) in [6.45, 7) is 6.27. The van der Waals surface area contributed by atoms with Gasteiger partial charge in [-0.15, -0.1) is 0 Å². The van der Waals surface area contributed by atoms with Crippen LogP contribution in [0.25, 0.3) is 0 Å². The molecule has 0 spiro atoms. The normalized spacial score (nSPS) is 28.1. The van der Waals surface area contributed by atoms with Crippen LogP contribution in [-0.2, 0) is 14.3 Å². The Balaban J connectivity index is 2.42. The highest BCUT2D eigenvalue weighted by molar-refractivity contribution is 5.75. The Morgan fingerprint density at radius 3 is 2.79 bits per heavy atom. The molecular weight excluding hydrogens is 182 g/mol. The molecule has 0 aromatic heterocycles. The standard InChI is InChI=1S/C10H19NO3/c1-7(11)9(12)14-8-4-5-13-10(2,3)6-8/h7-8H,4-6,11H2,1-3H3. The molecule has 1 saturated heterocycles. The summed E-state index contributed by atoms with van der Waals surface area (Å²) < 4.78 is 10.8. The third kappa shape index (κ3) is 3.27. The molecule has 1 heterocycles. The lowest BCUT2D eigenvalue weighted by molar-refractivity contribution is -0.162. The van der Waals surface area contributed by atoms with Crippen LogP contribution in [0.2, 0.25) is 0 Å². The van der Waals surface area contributed by atoms with Crippen LogP contribution in [0, 0.1) is 0 Å². The van der Waals surface area contributed by atoms with E-state index in [4.69, 9.17) is 15.2 Å². The molecule has 0 aromatic carbocycles. The monoisotopic (exact) mass is 201 g/mol. The largest absolute Gasteiger partial charge is 0.461 e. The number of esters is 1. The lowest BCUT2D eigenvalue weighted by Gasteiger charge is -2.35. The van der Waals surface area contributed by atoms with E-state index in [1.165, 1.54) is 0 Å². The second-order valence-electron chi connectivity index (χ2n) is 4.45. The quantitative estimate of drug-likeness (QED) is 0.672. The Morgan fingerprint density at radius 2 is 2.29 bits per heavy atom. The molecule has 0 bridgehead atoms. The topological polar surface area (TPSA) is 61.6 Å². The van der Waals surface area contributed by atoms with Gasteiger partial charge in [-0.1, -0.05) is 0 Å². The Hall–Kier alpha value is -0.610. The predicted octanol–water partition coefficient (Wildman–Crippen LogP) is 0.834. The van der Waals surface area contributed by atoms with Gasteiger partial charge in [-0.3, -0.25) is 4.79 Å². The fourth-order valence-corrected chi connectivity index (χ4v) is 1.55. The van der Waals surface area contributed by atoms with Crippen LogP contribution in [0.15, 0.2) is 0 Å². The van der Waals surface area contributed by atoms with Gasteiger partial charge in [-0.25, -0.2) is 0 Å². The minimum Gasteiger partial charge on any atom is -0.461 e. The molecular formula is C10H19NO3. The summed E-state index contributed by atoms with van der Waals surface area (Å²) in [6.07, 6.45) is 1.46. The average Bonchev–Trinajstić information content (AvgIpc) is 2.01. The fraction of sp³-hybridized carbons (Fsp3) is 0.900. The number of carbonyl (C=O) groups excluding carboxylic acids is 1. The maximum absolute atomic E-state index is 11.2. The highest BCUT2D eigenvalue weighted by Crippen LogP contribution is 2.25. The van der Waals surface area contributed by atoms with Crippen LogP contribution in [-0.4, -0.2) is 30.3 Å². The molecule has 14 heavy (non-hydrogen) atoms. The van der Waals surface area contributed by atoms with Crippen LogP contribution in [0.4, 0.5) is 0 Å². The van der Waals surface area contributed by atoms with Gasteiger partial charge in [0, 0.05) is 12.8 Å². The minimum absolute atomic E-state index is 0.0442. The Kier molecular flexibility index (Phi) is 3.50. The highest BCUT2D eigenvalue weighted by atomic mass is 16.6. The van der Waals surface area contributed by atoms with Crippen LogP contribution in [0.5, 0.6) is 0 Å². The van der Waals surface area contributed by atoms with E-state index in [0.717, 1.165) is 12.8 Å². The Bertz CT molecular complexity index is 213. The highest BCUT2D eigenvalue weighted by Gasteiger charge is 2.31. The van der Waals surface area contributed by atoms with Crippen molar-refractivity contribution < 1.29 is 14.3 Å². The van der Waals surface area contributed by atoms with Gasteiger partial charge in [0.25, 0.3) is 0 Å². The van der Waals surface area contributed by atoms with Crippen molar-refractivity contribution in [3.05, 3.63) is 0 Å². The van der Waals surface area contributed by atoms with Crippen molar-refractivity contribution in [3.8, 4) is 0 Å². The zero-order valence-corrected chi connectivity index (χ0v) is 9.08. The number of ether oxygens (including phenoxy) is 2. The van der Waals surface area contributed by atoms with Gasteiger partial charge >= 0.3 is 5.97 Å². The molecule has 1 rings (SSSR count). The molecule has 2 N–H and O–H groups in total. The van der Waals surface area contributed by atoms with Crippen molar-refractivity contribution in [1.29, 1.82) is 0 Å². The molecule has 0 saturated carbocycles. The maximum atomic E-state index is 11.2. The number of carbonyl (C=O) groups is 1. The summed E-state index contributed by atoms with van der Waals surface area (Å²) in [5, 5.41) is 0. The first-order valence-electron chi connectivity index (χ1n) is 5.01. The molecule has 82 valence electrons. The Morgan fingerprint density at radius 1 is 1.64 bits per heavy atom. The van der Waals surface area contributed by atoms with Gasteiger partial charge in [0.1, 0.15) is 12.1 Å². The van der Waals surface area contributed by atoms with Crippen molar-refractivity contribution >= 4 is 5.97 Å². The minimum atomic E-state index is -0.541. The lowest BCUT2D eigenvalue weighted by atomic mass is 9.96. The molecule has 1 aliphatic rings. The summed E-state index contributed by atoms with van der Waals surface area (Å²) in [5.74, 6) is -0.326. The van der Waals surface area contributed by atoms with Gasteiger partial charge < -0.3 is 15.2 Å². The van der Waals surface area contributed by atoms with Crippen molar-refractivity contribution in [3.63, 3.8) is 0 Å². The van der Waals surface area contributed by atoms with Crippen molar-refractivity contribution in [2.75, 3.05) is 6.61 Å². The van der Waals surface area contributed by atoms with E-state index in [0.29, 0.717) is 6.61 Å². The van der Waals surface area contributed by atoms with E-state index in [2.05, 4.69) is 0 Å². The van der Waals surface area contributed by atoms with E-state index in [-0.39, 0.29) is 17.7 Å². The SMILES string of the molecule is CC(N)C(=O)OC1CCOC(C)(C)C1. The van der Waals surface area contributed by atoms with Gasteiger partial charge in [-0.05, 0) is 20.8 Å². The average molecular weight is 201 g/mol. The number of hydrogen-bond acceptors (Lipinski definition) is 4. The van der Waals surface area contributed by atoms with Gasteiger partial charge in [0.05, 0.1) is 12.2 Å². The molecule has 2 atom stereocenters. The lowest BCUT2D eigenvalue weighted by Crippen LogP contribution is -2.41. The van der Waals surface area contributed by atoms with Crippen LogP contribution in [0.1, 0.15) is 33.6 Å². The van der Waals surface area contributed by atoms with Crippen LogP contribution in [0.3, 0.4) is 0 Å². The summed E-state index contributed by atoms with van der Waals surface area (Å²) in [7, 11) is 0. The molecule has 4 heteroatoms. The van der Waals surface area contributed by atoms with E-state index in [9.17, 15) is 4.79 Å². The van der Waals surface area contributed by atoms with E-state index in [1.54, 1.807) is 6.92 Å². The maximum Gasteiger partial charge on any atom is 0.322 e. The molecule has 0 radical (unpaired) electrons. The molecule has 0 aliphatic carbocycles. The molecule has 0 aromatic rings. The van der Waals surface area contributed by atoms with Crippen molar-refractivity contribution in [2.45, 2.75) is 51.4 Å². The molecule has 4 nitrogen and oxygen atoms in total. The third-order valence-corrected chi connectivity index (χ3v) is 2.31. The first-order chi connectivity index (χ1) is 6.41. The van der Waals surface area contributed by atoms with Crippen LogP contribution >= 0.6 is 0 Å². The molecule has 0 amide bonds. The third-order valence-electron chi connectivity index (χ3n) is 2.31. The smallest absolute Gasteiger partial charge is 0.322 e. The van der Waals surface area contributed by atoms with Gasteiger partial charge in [-0.2, -0.15) is 0 Å². The summed E-state index contributed by atoms with van der Waals surface area (Å²) in [6, 6.07) is -0.541. The molecule has 1 fully saturated rings. The number of hydrogen-bond donors (Lipinski definition) is 1. The van der Waals surface area contributed by atoms with E-state index >= 15 is 0 Å². The first kappa shape index (κ1) is 11.5. The summed E-state index contributed by atoms with van der Waals surface area (Å²) in [4.78, 5) is 11.2. The summed E-state index contributed by atoms with van der Waals surface area (Å²) >= 11 is 0. The zero-order valence-electron chi connectivity index (χ0n) is 9.08. The second kappa shape index (κ2) is 4.28. The number of rotatable bonds is 2. The molecule has 2 unspecified atom stereocenters. The predicted molar refractivity (Wildman–Crippen MR) is 52.8 cm³/mol. The van der Waals surface area contributed by atoms with Gasteiger partial charge in [0.15, 0.2) is 0 Å². The van der Waals surface area contributed by atoms with E-state index < -0.39 is 6.04 Å². The number of nitrogens with two attached hydrogens (primary N) is 1. The first-order valence-corrected chi connectivity index (χ1v) is 5.01. The zero-order chi connectivity index (χ0) is 10.8. The van der Waals surface area contributed by atoms with Crippen molar-refractivity contribution in [1.82, 2.24) is 0 Å². The summed E-state index contributed by atoms with van der Waals surface area (Å²) in [5.41, 5.74) is 5.22. The van der Waals surface area contributed by atoms with Crippen molar-refractivity contribution in [2.24, 2.45) is 5.73 Å². The second-order valence-corrected chi connectivity index (χ2v) is 4.45. The Labute approximate surface area is 84.7 Å². The molecule has 1 aliphatic heterocycles. The van der Waals surface area contributed by atoms with Crippen LogP contribution < -0.4 is 5.73 Å². The van der Waals surface area contributed by atoms with Gasteiger partial charge in [0.2, 0.25) is 0 Å². The fourth-order valence-electron chi connectivity index (χ4n) is 1.55.